The Labute approximate surface area is 109 Å². The number of nitrogens with two attached hydrogens (primary N) is 1. The van der Waals surface area contributed by atoms with Crippen LogP contribution in [-0.4, -0.2) is 4.98 Å². The fourth-order valence-corrected chi connectivity index (χ4v) is 2.26. The quantitative estimate of drug-likeness (QED) is 0.801. The average Bonchev–Trinajstić information content (AvgIpc) is 2.38. The Hall–Kier alpha value is -1.41. The van der Waals surface area contributed by atoms with Crippen LogP contribution in [0.15, 0.2) is 30.3 Å². The lowest BCUT2D eigenvalue weighted by Gasteiger charge is -2.12. The van der Waals surface area contributed by atoms with Gasteiger partial charge in [0, 0.05) is 17.1 Å². The van der Waals surface area contributed by atoms with Crippen LogP contribution in [0.4, 0.5) is 0 Å². The molecule has 0 aliphatic carbocycles. The van der Waals surface area contributed by atoms with Gasteiger partial charge in [0.05, 0.1) is 5.52 Å². The van der Waals surface area contributed by atoms with Crippen molar-refractivity contribution < 1.29 is 0 Å². The summed E-state index contributed by atoms with van der Waals surface area (Å²) in [5.41, 5.74) is 9.58. The molecule has 1 heterocycles. The van der Waals surface area contributed by atoms with Crippen molar-refractivity contribution >= 4 is 10.9 Å². The summed E-state index contributed by atoms with van der Waals surface area (Å²) in [6.45, 7) is 4.24. The molecule has 2 rings (SSSR count). The third-order valence-corrected chi connectivity index (χ3v) is 3.40. The summed E-state index contributed by atoms with van der Waals surface area (Å²) >= 11 is 0. The van der Waals surface area contributed by atoms with Crippen LogP contribution in [0.1, 0.15) is 49.9 Å². The SMILES string of the molecule is CCCCCC(N)c1ccc2nc(C)ccc2c1. The maximum absolute atomic E-state index is 6.24. The molecule has 1 aromatic heterocycles. The Balaban J connectivity index is 2.16. The molecule has 0 saturated heterocycles. The zero-order valence-electron chi connectivity index (χ0n) is 11.3. The predicted octanol–water partition coefficient (Wildman–Crippen LogP) is 4.12. The summed E-state index contributed by atoms with van der Waals surface area (Å²) in [6.07, 6.45) is 4.79. The van der Waals surface area contributed by atoms with Crippen molar-refractivity contribution in [3.05, 3.63) is 41.6 Å². The second-order valence-electron chi connectivity index (χ2n) is 5.01. The predicted molar refractivity (Wildman–Crippen MR) is 77.6 cm³/mol. The molecule has 2 heteroatoms. The van der Waals surface area contributed by atoms with E-state index in [4.69, 9.17) is 5.73 Å². The van der Waals surface area contributed by atoms with Gasteiger partial charge in [0.2, 0.25) is 0 Å². The van der Waals surface area contributed by atoms with Crippen LogP contribution in [0, 0.1) is 6.92 Å². The lowest BCUT2D eigenvalue weighted by atomic mass is 9.99. The number of unbranched alkanes of at least 4 members (excludes halogenated alkanes) is 2. The molecule has 0 aliphatic rings. The van der Waals surface area contributed by atoms with Gasteiger partial charge >= 0.3 is 0 Å². The van der Waals surface area contributed by atoms with E-state index in [0.717, 1.165) is 17.6 Å². The molecule has 0 radical (unpaired) electrons. The zero-order valence-corrected chi connectivity index (χ0v) is 11.3. The van der Waals surface area contributed by atoms with E-state index in [2.05, 4.69) is 42.2 Å². The number of aromatic nitrogens is 1. The van der Waals surface area contributed by atoms with Gasteiger partial charge in [0.25, 0.3) is 0 Å². The lowest BCUT2D eigenvalue weighted by molar-refractivity contribution is 0.581. The van der Waals surface area contributed by atoms with Gasteiger partial charge < -0.3 is 5.73 Å². The fourth-order valence-electron chi connectivity index (χ4n) is 2.26. The van der Waals surface area contributed by atoms with Gasteiger partial charge in [-0.25, -0.2) is 0 Å². The van der Waals surface area contributed by atoms with E-state index in [1.807, 2.05) is 6.92 Å². The van der Waals surface area contributed by atoms with Gasteiger partial charge in [-0.3, -0.25) is 4.98 Å². The summed E-state index contributed by atoms with van der Waals surface area (Å²) in [5, 5.41) is 1.18. The zero-order chi connectivity index (χ0) is 13.0. The van der Waals surface area contributed by atoms with Crippen molar-refractivity contribution in [3.63, 3.8) is 0 Å². The van der Waals surface area contributed by atoms with Crippen molar-refractivity contribution in [3.8, 4) is 0 Å². The van der Waals surface area contributed by atoms with Crippen LogP contribution in [0.2, 0.25) is 0 Å². The van der Waals surface area contributed by atoms with Crippen molar-refractivity contribution in [1.29, 1.82) is 0 Å². The number of hydrogen-bond acceptors (Lipinski definition) is 2. The topological polar surface area (TPSA) is 38.9 Å². The first-order chi connectivity index (χ1) is 8.70. The third-order valence-electron chi connectivity index (χ3n) is 3.40. The summed E-state index contributed by atoms with van der Waals surface area (Å²) < 4.78 is 0. The summed E-state index contributed by atoms with van der Waals surface area (Å²) in [5.74, 6) is 0. The van der Waals surface area contributed by atoms with Crippen LogP contribution in [-0.2, 0) is 0 Å². The maximum atomic E-state index is 6.24. The van der Waals surface area contributed by atoms with Crippen molar-refractivity contribution in [2.24, 2.45) is 5.73 Å². The highest BCUT2D eigenvalue weighted by Crippen LogP contribution is 2.21. The molecule has 1 aromatic carbocycles. The average molecular weight is 242 g/mol. The van der Waals surface area contributed by atoms with Crippen molar-refractivity contribution in [2.45, 2.75) is 45.6 Å². The molecule has 0 aliphatic heterocycles. The van der Waals surface area contributed by atoms with Crippen molar-refractivity contribution in [1.82, 2.24) is 4.98 Å². The Morgan fingerprint density at radius 3 is 2.78 bits per heavy atom. The largest absolute Gasteiger partial charge is 0.324 e. The minimum absolute atomic E-state index is 0.155. The normalized spacial score (nSPS) is 12.8. The van der Waals surface area contributed by atoms with Crippen LogP contribution in [0.25, 0.3) is 10.9 Å². The molecular formula is C16H22N2. The Morgan fingerprint density at radius 1 is 1.17 bits per heavy atom. The van der Waals surface area contributed by atoms with Gasteiger partial charge in [-0.05, 0) is 37.1 Å². The minimum atomic E-state index is 0.155. The minimum Gasteiger partial charge on any atom is -0.324 e. The van der Waals surface area contributed by atoms with Gasteiger partial charge in [-0.15, -0.1) is 0 Å². The second-order valence-corrected chi connectivity index (χ2v) is 5.01. The van der Waals surface area contributed by atoms with Gasteiger partial charge in [-0.1, -0.05) is 38.3 Å². The number of hydrogen-bond donors (Lipinski definition) is 1. The fraction of sp³-hybridized carbons (Fsp3) is 0.438. The molecule has 0 bridgehead atoms. The van der Waals surface area contributed by atoms with Crippen LogP contribution < -0.4 is 5.73 Å². The molecule has 1 unspecified atom stereocenters. The Morgan fingerprint density at radius 2 is 2.00 bits per heavy atom. The van der Waals surface area contributed by atoms with Crippen molar-refractivity contribution in [2.75, 3.05) is 0 Å². The Bertz CT molecular complexity index is 519. The molecule has 0 fully saturated rings. The first-order valence-electron chi connectivity index (χ1n) is 6.83. The monoisotopic (exact) mass is 242 g/mol. The molecule has 2 nitrogen and oxygen atoms in total. The van der Waals surface area contributed by atoms with E-state index in [1.165, 1.54) is 30.2 Å². The van der Waals surface area contributed by atoms with Crippen LogP contribution in [0.5, 0.6) is 0 Å². The first-order valence-corrected chi connectivity index (χ1v) is 6.83. The Kier molecular flexibility index (Phi) is 4.32. The number of aryl methyl sites for hydroxylation is 1. The smallest absolute Gasteiger partial charge is 0.0705 e. The second kappa shape index (κ2) is 5.96. The summed E-state index contributed by atoms with van der Waals surface area (Å²) in [6, 6.07) is 10.7. The number of nitrogens with zero attached hydrogens (tertiary/aromatic N) is 1. The van der Waals surface area contributed by atoms with Crippen LogP contribution in [0.3, 0.4) is 0 Å². The number of fused-ring (bicyclic) bond motifs is 1. The highest BCUT2D eigenvalue weighted by molar-refractivity contribution is 5.79. The molecule has 0 saturated carbocycles. The van der Waals surface area contributed by atoms with E-state index in [1.54, 1.807) is 0 Å². The molecule has 96 valence electrons. The first kappa shape index (κ1) is 13.0. The van der Waals surface area contributed by atoms with E-state index in [-0.39, 0.29) is 6.04 Å². The molecule has 0 spiro atoms. The number of pyridine rings is 1. The maximum Gasteiger partial charge on any atom is 0.0705 e. The van der Waals surface area contributed by atoms with E-state index in [9.17, 15) is 0 Å². The van der Waals surface area contributed by atoms with E-state index < -0.39 is 0 Å². The van der Waals surface area contributed by atoms with E-state index >= 15 is 0 Å². The summed E-state index contributed by atoms with van der Waals surface area (Å²) in [4.78, 5) is 4.51. The lowest BCUT2D eigenvalue weighted by Crippen LogP contribution is -2.10. The highest BCUT2D eigenvalue weighted by atomic mass is 14.7. The molecule has 2 N–H and O–H groups in total. The molecule has 2 aromatic rings. The molecule has 18 heavy (non-hydrogen) atoms. The van der Waals surface area contributed by atoms with Gasteiger partial charge in [0.15, 0.2) is 0 Å². The molecular weight excluding hydrogens is 220 g/mol. The molecule has 0 amide bonds. The number of rotatable bonds is 5. The highest BCUT2D eigenvalue weighted by Gasteiger charge is 2.06. The van der Waals surface area contributed by atoms with Crippen LogP contribution >= 0.6 is 0 Å². The van der Waals surface area contributed by atoms with Gasteiger partial charge in [-0.2, -0.15) is 0 Å². The van der Waals surface area contributed by atoms with Gasteiger partial charge in [0.1, 0.15) is 0 Å². The third kappa shape index (κ3) is 3.08. The standard InChI is InChI=1S/C16H22N2/c1-3-4-5-6-15(17)13-9-10-16-14(11-13)8-7-12(2)18-16/h7-11,15H,3-6,17H2,1-2H3. The number of benzene rings is 1. The van der Waals surface area contributed by atoms with E-state index in [0.29, 0.717) is 0 Å². The molecule has 1 atom stereocenters. The summed E-state index contributed by atoms with van der Waals surface area (Å²) in [7, 11) is 0.